The molecule has 3 rings (SSSR count). The number of hydrogen-bond donors (Lipinski definition) is 0. The maximum atomic E-state index is 13.4. The molecule has 0 aliphatic heterocycles. The van der Waals surface area contributed by atoms with E-state index in [9.17, 15) is 35.1 Å². The van der Waals surface area contributed by atoms with Gasteiger partial charge in [-0.15, -0.1) is 10.2 Å². The van der Waals surface area contributed by atoms with Crippen LogP contribution in [0.15, 0.2) is 40.8 Å². The molecule has 5 nitrogen and oxygen atoms in total. The van der Waals surface area contributed by atoms with Crippen LogP contribution < -0.4 is 4.90 Å². The van der Waals surface area contributed by atoms with Crippen molar-refractivity contribution in [2.75, 3.05) is 11.4 Å². The summed E-state index contributed by atoms with van der Waals surface area (Å²) in [6.07, 6.45) is -9.80. The lowest BCUT2D eigenvalue weighted by atomic mass is 10.1. The fourth-order valence-corrected chi connectivity index (χ4v) is 2.79. The molecule has 13 heteroatoms. The van der Waals surface area contributed by atoms with Gasteiger partial charge < -0.3 is 9.32 Å². The number of nitriles is 1. The Hall–Kier alpha value is -3.69. The third kappa shape index (κ3) is 5.51. The highest BCUT2D eigenvalue weighted by atomic mass is 19.4. The van der Waals surface area contributed by atoms with Crippen LogP contribution in [0.4, 0.5) is 40.8 Å². The highest BCUT2D eigenvalue weighted by molar-refractivity contribution is 5.55. The lowest BCUT2D eigenvalue weighted by Gasteiger charge is -2.25. The van der Waals surface area contributed by atoms with Crippen molar-refractivity contribution in [1.29, 1.82) is 5.26 Å². The summed E-state index contributed by atoms with van der Waals surface area (Å²) in [6, 6.07) is 5.68. The van der Waals surface area contributed by atoms with Crippen molar-refractivity contribution in [2.45, 2.75) is 18.9 Å². The lowest BCUT2D eigenvalue weighted by molar-refractivity contribution is -0.137. The Labute approximate surface area is 174 Å². The number of rotatable bonds is 5. The number of anilines is 1. The molecule has 0 atom stereocenters. The first-order valence-electron chi connectivity index (χ1n) is 8.57. The van der Waals surface area contributed by atoms with E-state index >= 15 is 0 Å². The van der Waals surface area contributed by atoms with Gasteiger partial charge in [-0.3, -0.25) is 0 Å². The minimum Gasteiger partial charge on any atom is -0.419 e. The summed E-state index contributed by atoms with van der Waals surface area (Å²) in [5, 5.41) is 15.9. The molecule has 0 fully saturated rings. The smallest absolute Gasteiger partial charge is 0.417 e. The van der Waals surface area contributed by atoms with Crippen molar-refractivity contribution >= 4 is 5.69 Å². The van der Waals surface area contributed by atoms with Gasteiger partial charge in [0.1, 0.15) is 18.2 Å². The van der Waals surface area contributed by atoms with Crippen molar-refractivity contribution in [2.24, 2.45) is 0 Å². The molecule has 3 aromatic rings. The van der Waals surface area contributed by atoms with Crippen molar-refractivity contribution < 1.29 is 39.5 Å². The van der Waals surface area contributed by atoms with Crippen molar-refractivity contribution in [3.8, 4) is 17.5 Å². The van der Waals surface area contributed by atoms with Crippen LogP contribution in [0.25, 0.3) is 11.5 Å². The van der Waals surface area contributed by atoms with Gasteiger partial charge in [0.15, 0.2) is 0 Å². The average molecular weight is 462 g/mol. The van der Waals surface area contributed by atoms with E-state index in [0.717, 1.165) is 24.3 Å². The largest absolute Gasteiger partial charge is 0.419 e. The SMILES string of the molecule is N#Cc1ccc(N(Cc2nnc(-c3cc(F)cc(F)c3)o2)CC(F)(F)F)cc1C(F)(F)F. The monoisotopic (exact) mass is 462 g/mol. The molecular formula is C19H10F8N4O. The molecule has 0 bridgehead atoms. The van der Waals surface area contributed by atoms with Gasteiger partial charge in [-0.2, -0.15) is 31.6 Å². The zero-order valence-electron chi connectivity index (χ0n) is 15.6. The first-order valence-corrected chi connectivity index (χ1v) is 8.57. The fourth-order valence-electron chi connectivity index (χ4n) is 2.79. The summed E-state index contributed by atoms with van der Waals surface area (Å²) in [5.74, 6) is -2.78. The third-order valence-electron chi connectivity index (χ3n) is 4.07. The van der Waals surface area contributed by atoms with Gasteiger partial charge in [-0.1, -0.05) is 0 Å². The molecule has 0 aliphatic carbocycles. The van der Waals surface area contributed by atoms with Crippen LogP contribution in [0, 0.1) is 23.0 Å². The summed E-state index contributed by atoms with van der Waals surface area (Å²) < 4.78 is 111. The molecule has 0 spiro atoms. The standard InChI is InChI=1S/C19H10F8N4O/c20-12-3-11(4-13(21)5-12)17-30-29-16(32-17)8-31(9-18(22,23)24)14-2-1-10(7-28)15(6-14)19(25,26)27/h1-6H,8-9H2. The Morgan fingerprint density at radius 3 is 2.16 bits per heavy atom. The van der Waals surface area contributed by atoms with Gasteiger partial charge >= 0.3 is 12.4 Å². The van der Waals surface area contributed by atoms with E-state index < -0.39 is 65.7 Å². The first kappa shape index (κ1) is 23.0. The highest BCUT2D eigenvalue weighted by Crippen LogP contribution is 2.35. The van der Waals surface area contributed by atoms with Gasteiger partial charge in [0, 0.05) is 17.3 Å². The van der Waals surface area contributed by atoms with Crippen LogP contribution in [-0.4, -0.2) is 22.9 Å². The Morgan fingerprint density at radius 2 is 1.59 bits per heavy atom. The number of aromatic nitrogens is 2. The molecule has 168 valence electrons. The fraction of sp³-hybridized carbons (Fsp3) is 0.211. The molecule has 0 radical (unpaired) electrons. The summed E-state index contributed by atoms with van der Waals surface area (Å²) in [6.45, 7) is -2.45. The maximum absolute atomic E-state index is 13.4. The van der Waals surface area contributed by atoms with Crippen LogP contribution in [0.2, 0.25) is 0 Å². The summed E-state index contributed by atoms with van der Waals surface area (Å²) in [5.41, 5.74) is -2.86. The highest BCUT2D eigenvalue weighted by Gasteiger charge is 2.36. The predicted octanol–water partition coefficient (Wildman–Crippen LogP) is 5.47. The van der Waals surface area contributed by atoms with Crippen molar-refractivity contribution in [1.82, 2.24) is 10.2 Å². The molecule has 32 heavy (non-hydrogen) atoms. The second-order valence-corrected chi connectivity index (χ2v) is 6.47. The zero-order chi connectivity index (χ0) is 23.7. The summed E-state index contributed by atoms with van der Waals surface area (Å²) in [7, 11) is 0. The molecular weight excluding hydrogens is 452 g/mol. The molecule has 0 N–H and O–H groups in total. The maximum Gasteiger partial charge on any atom is 0.417 e. The van der Waals surface area contributed by atoms with Crippen molar-refractivity contribution in [3.63, 3.8) is 0 Å². The topological polar surface area (TPSA) is 66.0 Å². The molecule has 0 unspecified atom stereocenters. The average Bonchev–Trinajstić information content (AvgIpc) is 3.13. The van der Waals surface area contributed by atoms with Crippen LogP contribution in [-0.2, 0) is 12.7 Å². The van der Waals surface area contributed by atoms with Gasteiger partial charge in [-0.25, -0.2) is 8.78 Å². The van der Waals surface area contributed by atoms with Crippen LogP contribution >= 0.6 is 0 Å². The van der Waals surface area contributed by atoms with E-state index in [0.29, 0.717) is 17.0 Å². The summed E-state index contributed by atoms with van der Waals surface area (Å²) >= 11 is 0. The Morgan fingerprint density at radius 1 is 0.938 bits per heavy atom. The molecule has 0 saturated carbocycles. The number of halogens is 8. The second kappa shape index (κ2) is 8.45. The Kier molecular flexibility index (Phi) is 6.07. The normalized spacial score (nSPS) is 12.0. The second-order valence-electron chi connectivity index (χ2n) is 6.47. The van der Waals surface area contributed by atoms with Gasteiger partial charge in [-0.05, 0) is 30.3 Å². The molecule has 1 heterocycles. The van der Waals surface area contributed by atoms with Gasteiger partial charge in [0.2, 0.25) is 11.8 Å². The minimum absolute atomic E-state index is 0.179. The van der Waals surface area contributed by atoms with Crippen molar-refractivity contribution in [3.05, 3.63) is 65.1 Å². The van der Waals surface area contributed by atoms with Gasteiger partial charge in [0.25, 0.3) is 0 Å². The molecule has 0 saturated heterocycles. The Bertz CT molecular complexity index is 1140. The lowest BCUT2D eigenvalue weighted by Crippen LogP contribution is -2.34. The number of alkyl halides is 6. The van der Waals surface area contributed by atoms with E-state index in [1.807, 2.05) is 0 Å². The van der Waals surface area contributed by atoms with E-state index in [-0.39, 0.29) is 5.56 Å². The molecule has 2 aromatic carbocycles. The predicted molar refractivity (Wildman–Crippen MR) is 92.9 cm³/mol. The molecule has 0 amide bonds. The minimum atomic E-state index is -4.98. The van der Waals surface area contributed by atoms with E-state index in [2.05, 4.69) is 10.2 Å². The number of hydrogen-bond acceptors (Lipinski definition) is 5. The van der Waals surface area contributed by atoms with E-state index in [1.165, 1.54) is 6.07 Å². The van der Waals surface area contributed by atoms with Crippen LogP contribution in [0.5, 0.6) is 0 Å². The van der Waals surface area contributed by atoms with E-state index in [4.69, 9.17) is 9.68 Å². The first-order chi connectivity index (χ1) is 14.9. The molecule has 1 aromatic heterocycles. The summed E-state index contributed by atoms with van der Waals surface area (Å²) in [4.78, 5) is 0.486. The Balaban J connectivity index is 1.96. The third-order valence-corrected chi connectivity index (χ3v) is 4.07. The van der Waals surface area contributed by atoms with E-state index in [1.54, 1.807) is 0 Å². The number of benzene rings is 2. The van der Waals surface area contributed by atoms with Crippen LogP contribution in [0.1, 0.15) is 17.0 Å². The number of nitrogens with zero attached hydrogens (tertiary/aromatic N) is 4. The van der Waals surface area contributed by atoms with Crippen LogP contribution in [0.3, 0.4) is 0 Å². The molecule has 0 aliphatic rings. The quantitative estimate of drug-likeness (QED) is 0.471. The van der Waals surface area contributed by atoms with Gasteiger partial charge in [0.05, 0.1) is 23.7 Å². The zero-order valence-corrected chi connectivity index (χ0v) is 15.6.